The number of aliphatic hydroxyl groups is 2. The zero-order chi connectivity index (χ0) is 8.43. The van der Waals surface area contributed by atoms with Gasteiger partial charge in [-0.25, -0.2) is 0 Å². The average Bonchev–Trinajstić information content (AvgIpc) is 2.01. The molecule has 0 saturated heterocycles. The first-order valence-corrected chi connectivity index (χ1v) is 3.41. The molecule has 0 spiro atoms. The molecule has 2 atom stereocenters. The number of rotatable bonds is 0. The van der Waals surface area contributed by atoms with Crippen molar-refractivity contribution in [2.75, 3.05) is 0 Å². The highest BCUT2D eigenvalue weighted by Crippen LogP contribution is 2.18. The van der Waals surface area contributed by atoms with Crippen LogP contribution >= 0.6 is 0 Å². The van der Waals surface area contributed by atoms with Gasteiger partial charge in [0, 0.05) is 5.92 Å². The topological polar surface area (TPSA) is 57.5 Å². The maximum absolute atomic E-state index is 11.1. The van der Waals surface area contributed by atoms with Gasteiger partial charge in [-0.1, -0.05) is 13.0 Å². The van der Waals surface area contributed by atoms with E-state index in [4.69, 9.17) is 10.2 Å². The molecule has 0 fully saturated rings. The Bertz CT molecular complexity index is 227. The number of allylic oxidation sites excluding steroid dienone is 2. The molecule has 3 nitrogen and oxygen atoms in total. The fourth-order valence-corrected chi connectivity index (χ4v) is 0.976. The molecule has 0 aromatic rings. The van der Waals surface area contributed by atoms with Crippen LogP contribution in [-0.4, -0.2) is 22.1 Å². The van der Waals surface area contributed by atoms with E-state index in [0.717, 1.165) is 6.26 Å². The summed E-state index contributed by atoms with van der Waals surface area (Å²) < 4.78 is 0. The number of carbonyl (C=O) groups is 1. The second kappa shape index (κ2) is 2.88. The first-order valence-electron chi connectivity index (χ1n) is 3.41. The molecule has 0 bridgehead atoms. The van der Waals surface area contributed by atoms with Crippen molar-refractivity contribution >= 4 is 5.78 Å². The molecule has 2 N–H and O–H groups in total. The summed E-state index contributed by atoms with van der Waals surface area (Å²) in [5.41, 5.74) is 0.253. The standard InChI is InChI=1S/C8H10O3/c1-5-7(10)3-2-6(4-9)8(5)11/h2-5,7,9-10H,1H3. The van der Waals surface area contributed by atoms with Crippen LogP contribution in [-0.2, 0) is 4.79 Å². The highest BCUT2D eigenvalue weighted by atomic mass is 16.3. The number of carbonyl (C=O) groups excluding carboxylic acids is 1. The van der Waals surface area contributed by atoms with Crippen molar-refractivity contribution in [3.63, 3.8) is 0 Å². The van der Waals surface area contributed by atoms with Gasteiger partial charge in [-0.2, -0.15) is 0 Å². The SMILES string of the molecule is CC1C(=O)C(=CO)C=CC1O. The van der Waals surface area contributed by atoms with Crippen LogP contribution in [0.1, 0.15) is 6.92 Å². The molecular formula is C8H10O3. The van der Waals surface area contributed by atoms with Gasteiger partial charge < -0.3 is 10.2 Å². The van der Waals surface area contributed by atoms with Crippen LogP contribution in [0.25, 0.3) is 0 Å². The van der Waals surface area contributed by atoms with Crippen LogP contribution in [0, 0.1) is 5.92 Å². The fraction of sp³-hybridized carbons (Fsp3) is 0.375. The second-order valence-corrected chi connectivity index (χ2v) is 2.59. The molecule has 1 rings (SSSR count). The molecule has 0 amide bonds. The molecule has 0 aromatic carbocycles. The summed E-state index contributed by atoms with van der Waals surface area (Å²) in [6.07, 6.45) is 2.97. The summed E-state index contributed by atoms with van der Waals surface area (Å²) >= 11 is 0. The largest absolute Gasteiger partial charge is 0.515 e. The molecule has 11 heavy (non-hydrogen) atoms. The Morgan fingerprint density at radius 2 is 2.27 bits per heavy atom. The molecule has 1 aliphatic carbocycles. The Morgan fingerprint density at radius 3 is 2.82 bits per heavy atom. The first kappa shape index (κ1) is 8.01. The van der Waals surface area contributed by atoms with E-state index in [1.165, 1.54) is 12.2 Å². The Labute approximate surface area is 64.7 Å². The van der Waals surface area contributed by atoms with E-state index in [1.54, 1.807) is 6.92 Å². The maximum atomic E-state index is 11.1. The molecule has 60 valence electrons. The fourth-order valence-electron chi connectivity index (χ4n) is 0.976. The van der Waals surface area contributed by atoms with Crippen LogP contribution in [0.15, 0.2) is 24.0 Å². The van der Waals surface area contributed by atoms with E-state index >= 15 is 0 Å². The predicted octanol–water partition coefficient (Wildman–Crippen LogP) is 0.564. The summed E-state index contributed by atoms with van der Waals surface area (Å²) in [5.74, 6) is -0.666. The van der Waals surface area contributed by atoms with Crippen molar-refractivity contribution in [2.24, 2.45) is 5.92 Å². The summed E-state index contributed by atoms with van der Waals surface area (Å²) in [6.45, 7) is 1.62. The third kappa shape index (κ3) is 1.33. The highest BCUT2D eigenvalue weighted by molar-refractivity contribution is 6.00. The van der Waals surface area contributed by atoms with Crippen molar-refractivity contribution < 1.29 is 15.0 Å². The monoisotopic (exact) mass is 154 g/mol. The van der Waals surface area contributed by atoms with E-state index in [-0.39, 0.29) is 11.4 Å². The van der Waals surface area contributed by atoms with Gasteiger partial charge >= 0.3 is 0 Å². The third-order valence-electron chi connectivity index (χ3n) is 1.82. The third-order valence-corrected chi connectivity index (χ3v) is 1.82. The van der Waals surface area contributed by atoms with Crippen molar-refractivity contribution in [3.8, 4) is 0 Å². The van der Waals surface area contributed by atoms with Gasteiger partial charge in [-0.3, -0.25) is 4.79 Å². The molecule has 0 aliphatic heterocycles. The molecule has 0 saturated carbocycles. The maximum Gasteiger partial charge on any atom is 0.171 e. The van der Waals surface area contributed by atoms with E-state index in [9.17, 15) is 4.79 Å². The van der Waals surface area contributed by atoms with E-state index in [0.29, 0.717) is 0 Å². The average molecular weight is 154 g/mol. The Kier molecular flexibility index (Phi) is 2.10. The minimum absolute atomic E-state index is 0.220. The molecule has 0 aromatic heterocycles. The Morgan fingerprint density at radius 1 is 1.64 bits per heavy atom. The van der Waals surface area contributed by atoms with Crippen LogP contribution in [0.5, 0.6) is 0 Å². The number of ketones is 1. The molecular weight excluding hydrogens is 144 g/mol. The number of hydrogen-bond acceptors (Lipinski definition) is 3. The number of aliphatic hydroxyl groups excluding tert-OH is 2. The van der Waals surface area contributed by atoms with E-state index < -0.39 is 12.0 Å². The summed E-state index contributed by atoms with van der Waals surface area (Å²) in [6, 6.07) is 0. The van der Waals surface area contributed by atoms with Crippen LogP contribution in [0.4, 0.5) is 0 Å². The summed E-state index contributed by atoms with van der Waals surface area (Å²) in [5, 5.41) is 17.7. The lowest BCUT2D eigenvalue weighted by Crippen LogP contribution is -2.28. The zero-order valence-electron chi connectivity index (χ0n) is 6.19. The lowest BCUT2D eigenvalue weighted by atomic mass is 9.89. The highest BCUT2D eigenvalue weighted by Gasteiger charge is 2.25. The van der Waals surface area contributed by atoms with Gasteiger partial charge in [0.05, 0.1) is 17.9 Å². The molecule has 0 radical (unpaired) electrons. The minimum atomic E-state index is -0.716. The van der Waals surface area contributed by atoms with Crippen LogP contribution in [0.3, 0.4) is 0 Å². The lowest BCUT2D eigenvalue weighted by Gasteiger charge is -2.18. The zero-order valence-corrected chi connectivity index (χ0v) is 6.19. The van der Waals surface area contributed by atoms with Crippen molar-refractivity contribution in [3.05, 3.63) is 24.0 Å². The molecule has 1 aliphatic rings. The van der Waals surface area contributed by atoms with Gasteiger partial charge in [0.1, 0.15) is 0 Å². The summed E-state index contributed by atoms with van der Waals surface area (Å²) in [7, 11) is 0. The minimum Gasteiger partial charge on any atom is -0.515 e. The van der Waals surface area contributed by atoms with Crippen LogP contribution in [0.2, 0.25) is 0 Å². The smallest absolute Gasteiger partial charge is 0.171 e. The first-order chi connectivity index (χ1) is 5.16. The van der Waals surface area contributed by atoms with Crippen molar-refractivity contribution in [2.45, 2.75) is 13.0 Å². The van der Waals surface area contributed by atoms with Gasteiger partial charge in [0.15, 0.2) is 5.78 Å². The van der Waals surface area contributed by atoms with Gasteiger partial charge in [-0.05, 0) is 6.08 Å². The van der Waals surface area contributed by atoms with Gasteiger partial charge in [-0.15, -0.1) is 0 Å². The molecule has 2 unspecified atom stereocenters. The number of Topliss-reactive ketones (excluding diaryl/α,β-unsaturated/α-hetero) is 1. The Hall–Kier alpha value is -1.09. The van der Waals surface area contributed by atoms with Crippen molar-refractivity contribution in [1.82, 2.24) is 0 Å². The summed E-state index contributed by atoms with van der Waals surface area (Å²) in [4.78, 5) is 11.1. The van der Waals surface area contributed by atoms with Gasteiger partial charge in [0.2, 0.25) is 0 Å². The predicted molar refractivity (Wildman–Crippen MR) is 40.0 cm³/mol. The lowest BCUT2D eigenvalue weighted by molar-refractivity contribution is -0.121. The molecule has 0 heterocycles. The van der Waals surface area contributed by atoms with Gasteiger partial charge in [0.25, 0.3) is 0 Å². The normalized spacial score (nSPS) is 34.7. The quantitative estimate of drug-likeness (QED) is 0.396. The van der Waals surface area contributed by atoms with Crippen LogP contribution < -0.4 is 0 Å². The molecule has 3 heteroatoms. The van der Waals surface area contributed by atoms with E-state index in [2.05, 4.69) is 0 Å². The van der Waals surface area contributed by atoms with E-state index in [1.807, 2.05) is 0 Å². The number of hydrogen-bond donors (Lipinski definition) is 2. The van der Waals surface area contributed by atoms with Crippen molar-refractivity contribution in [1.29, 1.82) is 0 Å². The Balaban J connectivity index is 2.94. The second-order valence-electron chi connectivity index (χ2n) is 2.59.